The van der Waals surface area contributed by atoms with Gasteiger partial charge in [0.15, 0.2) is 0 Å². The van der Waals surface area contributed by atoms with E-state index in [1.807, 2.05) is 48.8 Å². The zero-order valence-electron chi connectivity index (χ0n) is 11.9. The van der Waals surface area contributed by atoms with Crippen LogP contribution in [0.3, 0.4) is 0 Å². The maximum atomic E-state index is 6.09. The monoisotopic (exact) mass is 304 g/mol. The van der Waals surface area contributed by atoms with Crippen molar-refractivity contribution < 1.29 is 0 Å². The largest absolute Gasteiger partial charge is 0.355 e. The summed E-state index contributed by atoms with van der Waals surface area (Å²) in [5, 5.41) is 3.82. The van der Waals surface area contributed by atoms with Gasteiger partial charge in [0.2, 0.25) is 0 Å². The van der Waals surface area contributed by atoms with Crippen molar-refractivity contribution in [3.63, 3.8) is 0 Å². The van der Waals surface area contributed by atoms with Crippen molar-refractivity contribution in [1.82, 2.24) is 4.98 Å². The topological polar surface area (TPSA) is 77.0 Å². The third-order valence-corrected chi connectivity index (χ3v) is 3.53. The van der Waals surface area contributed by atoms with E-state index >= 15 is 0 Å². The first-order valence-corrected chi connectivity index (χ1v) is 7.43. The maximum absolute atomic E-state index is 6.09. The first-order chi connectivity index (χ1) is 10.1. The number of nitrogens with one attached hydrogen (secondary N) is 1. The summed E-state index contributed by atoms with van der Waals surface area (Å²) in [4.78, 5) is 4.01. The van der Waals surface area contributed by atoms with Crippen LogP contribution in [-0.2, 0) is 6.42 Å². The Bertz CT molecular complexity index is 540. The van der Waals surface area contributed by atoms with E-state index in [2.05, 4.69) is 10.3 Å². The molecule has 0 saturated carbocycles. The lowest BCUT2D eigenvalue weighted by atomic mass is 10.1. The molecule has 5 N–H and O–H groups in total. The molecule has 0 radical (unpaired) electrons. The maximum Gasteiger partial charge on any atom is 0.138 e. The minimum atomic E-state index is -0.911. The minimum absolute atomic E-state index is 0.692. The zero-order chi connectivity index (χ0) is 15.1. The highest BCUT2D eigenvalue weighted by Gasteiger charge is 2.17. The van der Waals surface area contributed by atoms with Gasteiger partial charge in [0.1, 0.15) is 5.79 Å². The molecule has 2 rings (SSSR count). The first kappa shape index (κ1) is 15.8. The number of benzene rings is 1. The van der Waals surface area contributed by atoms with Crippen molar-refractivity contribution >= 4 is 17.3 Å². The lowest BCUT2D eigenvalue weighted by Gasteiger charge is -2.27. The summed E-state index contributed by atoms with van der Waals surface area (Å²) in [7, 11) is 0. The Hall–Kier alpha value is -1.62. The molecule has 0 atom stereocenters. The van der Waals surface area contributed by atoms with Crippen LogP contribution < -0.4 is 16.8 Å². The number of hydrogen-bond donors (Lipinski definition) is 3. The fraction of sp³-hybridized carbons (Fsp3) is 0.312. The average molecular weight is 305 g/mol. The summed E-state index contributed by atoms with van der Waals surface area (Å²) in [5.74, 6) is -0.911. The van der Waals surface area contributed by atoms with Crippen molar-refractivity contribution in [2.75, 3.05) is 5.32 Å². The van der Waals surface area contributed by atoms with Gasteiger partial charge in [0, 0.05) is 23.1 Å². The molecule has 0 aliphatic rings. The number of aromatic nitrogens is 1. The highest BCUT2D eigenvalue weighted by molar-refractivity contribution is 6.30. The van der Waals surface area contributed by atoms with Gasteiger partial charge in [-0.15, -0.1) is 0 Å². The van der Waals surface area contributed by atoms with E-state index in [1.165, 1.54) is 5.56 Å². The summed E-state index contributed by atoms with van der Waals surface area (Å²) in [6, 6.07) is 11.4. The SMILES string of the molecule is NC(N)(CCCCc1ccncc1)Nc1ccc(Cl)cc1. The highest BCUT2D eigenvalue weighted by Crippen LogP contribution is 2.17. The predicted molar refractivity (Wildman–Crippen MR) is 88.0 cm³/mol. The van der Waals surface area contributed by atoms with Crippen LogP contribution in [-0.4, -0.2) is 10.8 Å². The molecule has 0 aliphatic carbocycles. The summed E-state index contributed by atoms with van der Waals surface area (Å²) >= 11 is 5.85. The molecular formula is C16H21ClN4. The van der Waals surface area contributed by atoms with Gasteiger partial charge in [-0.25, -0.2) is 0 Å². The van der Waals surface area contributed by atoms with Gasteiger partial charge >= 0.3 is 0 Å². The predicted octanol–water partition coefficient (Wildman–Crippen LogP) is 3.13. The number of halogens is 1. The molecule has 0 unspecified atom stereocenters. The van der Waals surface area contributed by atoms with Crippen LogP contribution in [0.5, 0.6) is 0 Å². The lowest BCUT2D eigenvalue weighted by molar-refractivity contribution is 0.441. The van der Waals surface area contributed by atoms with Crippen LogP contribution in [0.15, 0.2) is 48.8 Å². The quantitative estimate of drug-likeness (QED) is 0.542. The zero-order valence-corrected chi connectivity index (χ0v) is 12.7. The van der Waals surface area contributed by atoms with E-state index in [9.17, 15) is 0 Å². The van der Waals surface area contributed by atoms with Crippen LogP contribution in [0.2, 0.25) is 5.02 Å². The molecule has 5 heteroatoms. The van der Waals surface area contributed by atoms with Gasteiger partial charge in [-0.1, -0.05) is 11.6 Å². The number of unbranched alkanes of at least 4 members (excludes halogenated alkanes) is 1. The Labute approximate surface area is 130 Å². The molecule has 112 valence electrons. The Kier molecular flexibility index (Phi) is 5.56. The Morgan fingerprint density at radius 2 is 1.67 bits per heavy atom. The normalized spacial score (nSPS) is 11.4. The summed E-state index contributed by atoms with van der Waals surface area (Å²) in [5.41, 5.74) is 14.3. The molecule has 21 heavy (non-hydrogen) atoms. The van der Waals surface area contributed by atoms with Crippen molar-refractivity contribution in [1.29, 1.82) is 0 Å². The van der Waals surface area contributed by atoms with Crippen LogP contribution in [0, 0.1) is 0 Å². The molecule has 0 bridgehead atoms. The second-order valence-corrected chi connectivity index (χ2v) is 5.67. The number of aryl methyl sites for hydroxylation is 1. The fourth-order valence-electron chi connectivity index (χ4n) is 2.16. The van der Waals surface area contributed by atoms with Gasteiger partial charge < -0.3 is 5.32 Å². The summed E-state index contributed by atoms with van der Waals surface area (Å²) < 4.78 is 0. The Morgan fingerprint density at radius 1 is 1.00 bits per heavy atom. The van der Waals surface area contributed by atoms with Gasteiger partial charge in [-0.05, 0) is 67.6 Å². The standard InChI is InChI=1S/C16H21ClN4/c17-14-4-6-15(7-5-14)21-16(18,19)10-2-1-3-13-8-11-20-12-9-13/h4-9,11-12,21H,1-3,10,18-19H2. The van der Waals surface area contributed by atoms with Gasteiger partial charge in [-0.3, -0.25) is 16.5 Å². The van der Waals surface area contributed by atoms with E-state index in [-0.39, 0.29) is 0 Å². The lowest BCUT2D eigenvalue weighted by Crippen LogP contribution is -2.56. The molecule has 1 aromatic heterocycles. The molecule has 1 heterocycles. The number of rotatable bonds is 7. The van der Waals surface area contributed by atoms with Gasteiger partial charge in [0.25, 0.3) is 0 Å². The van der Waals surface area contributed by atoms with Crippen molar-refractivity contribution in [2.45, 2.75) is 31.5 Å². The van der Waals surface area contributed by atoms with Crippen LogP contribution >= 0.6 is 11.6 Å². The van der Waals surface area contributed by atoms with Crippen LogP contribution in [0.1, 0.15) is 24.8 Å². The van der Waals surface area contributed by atoms with Crippen molar-refractivity contribution in [3.8, 4) is 0 Å². The number of anilines is 1. The van der Waals surface area contributed by atoms with Gasteiger partial charge in [-0.2, -0.15) is 0 Å². The summed E-state index contributed by atoms with van der Waals surface area (Å²) in [6.45, 7) is 0. The van der Waals surface area contributed by atoms with E-state index < -0.39 is 5.79 Å². The van der Waals surface area contributed by atoms with Crippen molar-refractivity contribution in [3.05, 3.63) is 59.4 Å². The second kappa shape index (κ2) is 7.41. The summed E-state index contributed by atoms with van der Waals surface area (Å²) in [6.07, 6.45) is 7.33. The number of nitrogens with two attached hydrogens (primary N) is 2. The average Bonchev–Trinajstić information content (AvgIpc) is 2.47. The molecule has 0 saturated heterocycles. The van der Waals surface area contributed by atoms with E-state index in [1.54, 1.807) is 0 Å². The smallest absolute Gasteiger partial charge is 0.138 e. The minimum Gasteiger partial charge on any atom is -0.355 e. The van der Waals surface area contributed by atoms with E-state index in [0.717, 1.165) is 24.9 Å². The second-order valence-electron chi connectivity index (χ2n) is 5.23. The third-order valence-electron chi connectivity index (χ3n) is 3.28. The Morgan fingerprint density at radius 3 is 2.33 bits per heavy atom. The molecule has 0 spiro atoms. The molecule has 0 amide bonds. The molecular weight excluding hydrogens is 284 g/mol. The molecule has 1 aromatic carbocycles. The molecule has 4 nitrogen and oxygen atoms in total. The fourth-order valence-corrected chi connectivity index (χ4v) is 2.29. The van der Waals surface area contributed by atoms with Crippen molar-refractivity contribution in [2.24, 2.45) is 11.5 Å². The number of nitrogens with zero attached hydrogens (tertiary/aromatic N) is 1. The number of hydrogen-bond acceptors (Lipinski definition) is 4. The third kappa shape index (κ3) is 5.71. The molecule has 0 aliphatic heterocycles. The Balaban J connectivity index is 1.74. The number of pyridine rings is 1. The van der Waals surface area contributed by atoms with E-state index in [0.29, 0.717) is 11.4 Å². The first-order valence-electron chi connectivity index (χ1n) is 7.06. The van der Waals surface area contributed by atoms with Crippen LogP contribution in [0.25, 0.3) is 0 Å². The highest BCUT2D eigenvalue weighted by atomic mass is 35.5. The van der Waals surface area contributed by atoms with Gasteiger partial charge in [0.05, 0.1) is 0 Å². The molecule has 2 aromatic rings. The van der Waals surface area contributed by atoms with Crippen LogP contribution in [0.4, 0.5) is 5.69 Å². The molecule has 0 fully saturated rings. The van der Waals surface area contributed by atoms with E-state index in [4.69, 9.17) is 23.1 Å².